The summed E-state index contributed by atoms with van der Waals surface area (Å²) in [5, 5.41) is 29.7. The smallest absolute Gasteiger partial charge is 0.550 e. The average Bonchev–Trinajstić information content (AvgIpc) is 2.14. The number of carboxylic acids is 3. The Morgan fingerprint density at radius 1 is 0.500 bits per heavy atom. The molecule has 0 rings (SSSR count). The van der Waals surface area contributed by atoms with Crippen LogP contribution in [0.25, 0.3) is 0 Å². The molecule has 0 atom stereocenters. The van der Waals surface area contributed by atoms with Crippen LogP contribution in [-0.4, -0.2) is 17.9 Å². The van der Waals surface area contributed by atoms with E-state index in [9.17, 15) is 29.7 Å². The van der Waals surface area contributed by atoms with E-state index < -0.39 is 34.2 Å². The van der Waals surface area contributed by atoms with Crippen molar-refractivity contribution < 1.29 is 70.1 Å². The van der Waals surface area contributed by atoms with Gasteiger partial charge in [-0.15, -0.1) is 0 Å². The van der Waals surface area contributed by atoms with Crippen LogP contribution in [-0.2, 0) is 14.4 Å². The van der Waals surface area contributed by atoms with Crippen LogP contribution >= 0.6 is 0 Å². The van der Waals surface area contributed by atoms with Crippen LogP contribution in [0.3, 0.4) is 0 Å². The Morgan fingerprint density at radius 3 is 0.545 bits per heavy atom. The molecule has 0 aromatic heterocycles. The first-order valence-electron chi connectivity index (χ1n) is 6.47. The van der Waals surface area contributed by atoms with E-state index >= 15 is 0 Å². The van der Waals surface area contributed by atoms with Gasteiger partial charge in [-0.25, -0.2) is 0 Å². The second-order valence-corrected chi connectivity index (χ2v) is 7.61. The maximum Gasteiger partial charge on any atom is 3.00 e. The van der Waals surface area contributed by atoms with Crippen molar-refractivity contribution in [3.63, 3.8) is 0 Å². The third-order valence-electron chi connectivity index (χ3n) is 1.84. The molecule has 0 aliphatic heterocycles. The SMILES string of the molecule is CC(C)(C)C(=O)[O-].CC(C)(C)C(=O)[O-].CC(C)(C)C(=O)[O-].[Sm+3]. The first kappa shape index (κ1) is 29.7. The quantitative estimate of drug-likeness (QED) is 0.480. The molecular weight excluding hydrogens is 427 g/mol. The molecule has 0 unspecified atom stereocenters. The molecule has 7 heteroatoms. The van der Waals surface area contributed by atoms with Crippen molar-refractivity contribution in [2.45, 2.75) is 62.3 Å². The van der Waals surface area contributed by atoms with Gasteiger partial charge in [0, 0.05) is 34.2 Å². The monoisotopic (exact) mass is 455 g/mol. The summed E-state index contributed by atoms with van der Waals surface area (Å²) in [5.41, 5.74) is -2.08. The Kier molecular flexibility index (Phi) is 15.3. The fraction of sp³-hybridized carbons (Fsp3) is 0.800. The number of aliphatic carboxylic acids is 3. The van der Waals surface area contributed by atoms with E-state index in [2.05, 4.69) is 0 Å². The van der Waals surface area contributed by atoms with E-state index in [1.165, 1.54) is 0 Å². The largest absolute Gasteiger partial charge is 3.00 e. The molecule has 0 heterocycles. The van der Waals surface area contributed by atoms with Gasteiger partial charge in [-0.2, -0.15) is 0 Å². The molecule has 0 aromatic rings. The Hall–Kier alpha value is -0.252. The number of hydrogen-bond donors (Lipinski definition) is 0. The van der Waals surface area contributed by atoms with Crippen LogP contribution in [0.5, 0.6) is 0 Å². The van der Waals surface area contributed by atoms with E-state index in [0.717, 1.165) is 0 Å². The molecule has 22 heavy (non-hydrogen) atoms. The molecule has 0 fully saturated rings. The van der Waals surface area contributed by atoms with Crippen molar-refractivity contribution in [3.05, 3.63) is 0 Å². The number of hydrogen-bond acceptors (Lipinski definition) is 6. The summed E-state index contributed by atoms with van der Waals surface area (Å²) in [5.74, 6) is -3.02. The second-order valence-electron chi connectivity index (χ2n) is 7.61. The molecular formula is C15H27O6Sm. The maximum atomic E-state index is 9.91. The minimum Gasteiger partial charge on any atom is -0.550 e. The van der Waals surface area contributed by atoms with Gasteiger partial charge >= 0.3 is 40.4 Å². The van der Waals surface area contributed by atoms with Crippen molar-refractivity contribution in [3.8, 4) is 0 Å². The molecule has 0 saturated carbocycles. The number of carboxylic acid groups (broad SMARTS) is 3. The van der Waals surface area contributed by atoms with E-state index in [-0.39, 0.29) is 40.4 Å². The Labute approximate surface area is 165 Å². The van der Waals surface area contributed by atoms with Crippen molar-refractivity contribution >= 4 is 17.9 Å². The first-order chi connectivity index (χ1) is 8.83. The minimum absolute atomic E-state index is 0. The van der Waals surface area contributed by atoms with Crippen molar-refractivity contribution in [1.82, 2.24) is 0 Å². The third-order valence-corrected chi connectivity index (χ3v) is 1.84. The van der Waals surface area contributed by atoms with Crippen LogP contribution in [0.15, 0.2) is 0 Å². The molecule has 0 N–H and O–H groups in total. The van der Waals surface area contributed by atoms with Gasteiger partial charge in [-0.05, 0) is 0 Å². The predicted molar refractivity (Wildman–Crippen MR) is 73.4 cm³/mol. The Bertz CT molecular complexity index is 299. The summed E-state index contributed by atoms with van der Waals surface area (Å²) < 4.78 is 0. The molecule has 0 aliphatic carbocycles. The van der Waals surface area contributed by atoms with Gasteiger partial charge in [0.1, 0.15) is 0 Å². The van der Waals surface area contributed by atoms with Crippen LogP contribution in [0.2, 0.25) is 0 Å². The number of rotatable bonds is 0. The Morgan fingerprint density at radius 2 is 0.545 bits per heavy atom. The molecule has 6 nitrogen and oxygen atoms in total. The molecule has 0 amide bonds. The molecule has 0 spiro atoms. The summed E-state index contributed by atoms with van der Waals surface area (Å²) in [6.07, 6.45) is 0. The summed E-state index contributed by atoms with van der Waals surface area (Å²) >= 11 is 0. The zero-order valence-corrected chi connectivity index (χ0v) is 17.5. The molecule has 1 radical (unpaired) electrons. The first-order valence-corrected chi connectivity index (χ1v) is 6.47. The second kappa shape index (κ2) is 11.3. The predicted octanol–water partition coefficient (Wildman–Crippen LogP) is -0.653. The summed E-state index contributed by atoms with van der Waals surface area (Å²) in [6, 6.07) is 0. The third kappa shape index (κ3) is 22.0. The minimum atomic E-state index is -1.01. The number of carbonyl (C=O) groups is 3. The van der Waals surface area contributed by atoms with Crippen LogP contribution in [0.1, 0.15) is 62.3 Å². The molecule has 0 aliphatic rings. The van der Waals surface area contributed by atoms with E-state index in [1.807, 2.05) is 0 Å². The zero-order valence-electron chi connectivity index (χ0n) is 14.9. The molecule has 0 saturated heterocycles. The van der Waals surface area contributed by atoms with Gasteiger partial charge < -0.3 is 29.7 Å². The topological polar surface area (TPSA) is 120 Å². The standard InChI is InChI=1S/3C5H10O2.Sm/c3*1-5(2,3)4(6)7;/h3*1-3H3,(H,6,7);/q;;;+3/p-3. The van der Waals surface area contributed by atoms with Crippen molar-refractivity contribution in [2.75, 3.05) is 0 Å². The maximum absolute atomic E-state index is 9.91. The molecule has 129 valence electrons. The van der Waals surface area contributed by atoms with Gasteiger partial charge in [-0.1, -0.05) is 62.3 Å². The van der Waals surface area contributed by atoms with Gasteiger partial charge in [0.25, 0.3) is 0 Å². The van der Waals surface area contributed by atoms with Gasteiger partial charge in [0.05, 0.1) is 0 Å². The van der Waals surface area contributed by atoms with E-state index in [0.29, 0.717) is 0 Å². The van der Waals surface area contributed by atoms with Crippen molar-refractivity contribution in [1.29, 1.82) is 0 Å². The fourth-order valence-electron chi connectivity index (χ4n) is 0. The van der Waals surface area contributed by atoms with Crippen LogP contribution < -0.4 is 15.3 Å². The molecule has 0 aromatic carbocycles. The van der Waals surface area contributed by atoms with Gasteiger partial charge in [0.15, 0.2) is 0 Å². The zero-order chi connectivity index (χ0) is 18.2. The average molecular weight is 454 g/mol. The summed E-state index contributed by atoms with van der Waals surface area (Å²) in [4.78, 5) is 29.7. The fourth-order valence-corrected chi connectivity index (χ4v) is 0. The Balaban J connectivity index is -0.000000108. The normalized spacial score (nSPS) is 10.8. The van der Waals surface area contributed by atoms with Crippen molar-refractivity contribution in [2.24, 2.45) is 16.2 Å². The van der Waals surface area contributed by atoms with Gasteiger partial charge in [0.2, 0.25) is 0 Å². The van der Waals surface area contributed by atoms with Gasteiger partial charge in [-0.3, -0.25) is 0 Å². The number of carbonyl (C=O) groups excluding carboxylic acids is 3. The van der Waals surface area contributed by atoms with Crippen LogP contribution in [0.4, 0.5) is 0 Å². The van der Waals surface area contributed by atoms with E-state index in [4.69, 9.17) is 0 Å². The summed E-state index contributed by atoms with van der Waals surface area (Å²) in [6.45, 7) is 14.4. The van der Waals surface area contributed by atoms with Crippen LogP contribution in [0, 0.1) is 56.6 Å². The molecule has 0 bridgehead atoms. The van der Waals surface area contributed by atoms with E-state index in [1.54, 1.807) is 62.3 Å². The summed E-state index contributed by atoms with van der Waals surface area (Å²) in [7, 11) is 0.